The number of benzene rings is 1. The van der Waals surface area contributed by atoms with Crippen LogP contribution in [0.3, 0.4) is 0 Å². The number of nitrogens with zero attached hydrogens (tertiary/aromatic N) is 2. The molecule has 1 aromatic carbocycles. The Morgan fingerprint density at radius 2 is 2.28 bits per heavy atom. The van der Waals surface area contributed by atoms with Gasteiger partial charge in [0.15, 0.2) is 0 Å². The number of amides is 1. The third kappa shape index (κ3) is 3.47. The van der Waals surface area contributed by atoms with Crippen LogP contribution >= 0.6 is 27.7 Å². The molecule has 0 saturated carbocycles. The fourth-order valence-electron chi connectivity index (χ4n) is 1.20. The van der Waals surface area contributed by atoms with Crippen LogP contribution in [0.25, 0.3) is 0 Å². The first kappa shape index (κ1) is 12.9. The molecule has 2 aromatic rings. The number of carbonyl (C=O) groups excluding carboxylic acids is 1. The monoisotopic (exact) mass is 327 g/mol. The summed E-state index contributed by atoms with van der Waals surface area (Å²) < 4.78 is 0.838. The van der Waals surface area contributed by atoms with Crippen molar-refractivity contribution in [3.8, 4) is 0 Å². The van der Waals surface area contributed by atoms with Crippen molar-refractivity contribution in [2.75, 3.05) is 16.8 Å². The van der Waals surface area contributed by atoms with Gasteiger partial charge in [-0.3, -0.25) is 4.79 Å². The van der Waals surface area contributed by atoms with Gasteiger partial charge in [0, 0.05) is 4.47 Å². The van der Waals surface area contributed by atoms with Gasteiger partial charge in [0.2, 0.25) is 17.0 Å². The lowest BCUT2D eigenvalue weighted by atomic mass is 10.3. The number of hydrogen-bond donors (Lipinski definition) is 3. The molecule has 0 radical (unpaired) electrons. The number of aromatic nitrogens is 3. The minimum atomic E-state index is -0.129. The summed E-state index contributed by atoms with van der Waals surface area (Å²) in [6.45, 7) is 0. The molecule has 0 atom stereocenters. The van der Waals surface area contributed by atoms with Crippen LogP contribution in [-0.2, 0) is 4.79 Å². The second kappa shape index (κ2) is 5.87. The number of halogens is 1. The number of para-hydroxylation sites is 1. The van der Waals surface area contributed by atoms with E-state index in [1.807, 2.05) is 24.3 Å². The number of H-pyrrole nitrogens is 1. The number of aromatic amines is 1. The van der Waals surface area contributed by atoms with Gasteiger partial charge in [-0.25, -0.2) is 5.10 Å². The van der Waals surface area contributed by atoms with Gasteiger partial charge in [-0.2, -0.15) is 4.98 Å². The Hall–Kier alpha value is -1.54. The summed E-state index contributed by atoms with van der Waals surface area (Å²) in [5, 5.41) is 9.57. The topological polar surface area (TPSA) is 96.7 Å². The van der Waals surface area contributed by atoms with E-state index in [0.717, 1.165) is 10.2 Å². The van der Waals surface area contributed by atoms with Gasteiger partial charge in [-0.05, 0) is 28.1 Å². The summed E-state index contributed by atoms with van der Waals surface area (Å²) >= 11 is 4.57. The van der Waals surface area contributed by atoms with Crippen LogP contribution in [-0.4, -0.2) is 26.8 Å². The lowest BCUT2D eigenvalue weighted by Gasteiger charge is -2.05. The molecule has 0 aliphatic carbocycles. The molecule has 94 valence electrons. The van der Waals surface area contributed by atoms with Gasteiger partial charge in [-0.15, -0.1) is 5.10 Å². The highest BCUT2D eigenvalue weighted by Crippen LogP contribution is 2.21. The molecule has 1 aromatic heterocycles. The number of carbonyl (C=O) groups is 1. The number of rotatable bonds is 4. The quantitative estimate of drug-likeness (QED) is 0.745. The predicted molar refractivity (Wildman–Crippen MR) is 74.3 cm³/mol. The van der Waals surface area contributed by atoms with Crippen molar-refractivity contribution in [1.82, 2.24) is 15.2 Å². The lowest BCUT2D eigenvalue weighted by Crippen LogP contribution is -2.14. The van der Waals surface area contributed by atoms with Gasteiger partial charge < -0.3 is 11.1 Å². The Labute approximate surface area is 116 Å². The number of anilines is 2. The first-order valence-corrected chi connectivity index (χ1v) is 6.78. The first-order valence-electron chi connectivity index (χ1n) is 5.00. The van der Waals surface area contributed by atoms with Crippen LogP contribution in [0.1, 0.15) is 0 Å². The van der Waals surface area contributed by atoms with E-state index in [2.05, 4.69) is 36.4 Å². The fourth-order valence-corrected chi connectivity index (χ4v) is 2.19. The molecule has 0 bridgehead atoms. The molecular weight excluding hydrogens is 318 g/mol. The summed E-state index contributed by atoms with van der Waals surface area (Å²) in [6.07, 6.45) is 0. The zero-order chi connectivity index (χ0) is 13.0. The molecule has 6 nitrogen and oxygen atoms in total. The van der Waals surface area contributed by atoms with E-state index in [1.54, 1.807) is 0 Å². The number of hydrogen-bond acceptors (Lipinski definition) is 5. The van der Waals surface area contributed by atoms with E-state index >= 15 is 0 Å². The van der Waals surface area contributed by atoms with Crippen molar-refractivity contribution in [2.24, 2.45) is 0 Å². The van der Waals surface area contributed by atoms with E-state index in [4.69, 9.17) is 5.73 Å². The highest BCUT2D eigenvalue weighted by Gasteiger charge is 2.08. The standard InChI is InChI=1S/C10H10BrN5OS/c11-6-3-1-2-4-7(6)13-8(17)5-18-10-14-9(12)15-16-10/h1-4H,5H2,(H,13,17)(H3,12,14,15,16). The molecule has 4 N–H and O–H groups in total. The highest BCUT2D eigenvalue weighted by molar-refractivity contribution is 9.10. The van der Waals surface area contributed by atoms with E-state index in [9.17, 15) is 4.79 Å². The molecule has 8 heteroatoms. The zero-order valence-corrected chi connectivity index (χ0v) is 11.6. The Kier molecular flexibility index (Phi) is 4.21. The van der Waals surface area contributed by atoms with E-state index in [-0.39, 0.29) is 17.6 Å². The number of nitrogens with one attached hydrogen (secondary N) is 2. The molecular formula is C10H10BrN5OS. The van der Waals surface area contributed by atoms with Crippen molar-refractivity contribution in [3.05, 3.63) is 28.7 Å². The number of nitrogen functional groups attached to an aromatic ring is 1. The molecule has 0 fully saturated rings. The minimum Gasteiger partial charge on any atom is -0.368 e. The summed E-state index contributed by atoms with van der Waals surface area (Å²) in [7, 11) is 0. The van der Waals surface area contributed by atoms with Crippen LogP contribution < -0.4 is 11.1 Å². The highest BCUT2D eigenvalue weighted by atomic mass is 79.9. The van der Waals surface area contributed by atoms with Crippen molar-refractivity contribution in [2.45, 2.75) is 5.16 Å². The molecule has 0 aliphatic heterocycles. The van der Waals surface area contributed by atoms with Crippen molar-refractivity contribution < 1.29 is 4.79 Å². The molecule has 1 amide bonds. The largest absolute Gasteiger partial charge is 0.368 e. The maximum Gasteiger partial charge on any atom is 0.234 e. The Morgan fingerprint density at radius 3 is 2.94 bits per heavy atom. The van der Waals surface area contributed by atoms with Crippen molar-refractivity contribution in [3.63, 3.8) is 0 Å². The SMILES string of the molecule is Nc1nc(SCC(=O)Nc2ccccc2Br)n[nH]1. The Balaban J connectivity index is 1.88. The summed E-state index contributed by atoms with van der Waals surface area (Å²) in [4.78, 5) is 15.6. The average Bonchev–Trinajstić information content (AvgIpc) is 2.76. The van der Waals surface area contributed by atoms with E-state index in [1.165, 1.54) is 11.8 Å². The second-order valence-electron chi connectivity index (χ2n) is 3.32. The molecule has 18 heavy (non-hydrogen) atoms. The van der Waals surface area contributed by atoms with Gasteiger partial charge in [0.25, 0.3) is 0 Å². The Morgan fingerprint density at radius 1 is 1.50 bits per heavy atom. The van der Waals surface area contributed by atoms with Gasteiger partial charge in [0.05, 0.1) is 11.4 Å². The lowest BCUT2D eigenvalue weighted by molar-refractivity contribution is -0.113. The molecule has 0 spiro atoms. The van der Waals surface area contributed by atoms with Crippen LogP contribution in [0.4, 0.5) is 11.6 Å². The normalized spacial score (nSPS) is 10.3. The van der Waals surface area contributed by atoms with E-state index in [0.29, 0.717) is 5.16 Å². The van der Waals surface area contributed by atoms with Crippen LogP contribution in [0.5, 0.6) is 0 Å². The summed E-state index contributed by atoms with van der Waals surface area (Å²) in [5.74, 6) is 0.331. The smallest absolute Gasteiger partial charge is 0.234 e. The predicted octanol–water partition coefficient (Wildman–Crippen LogP) is 1.88. The summed E-state index contributed by atoms with van der Waals surface area (Å²) in [5.41, 5.74) is 6.11. The fraction of sp³-hybridized carbons (Fsp3) is 0.100. The van der Waals surface area contributed by atoms with Crippen LogP contribution in [0, 0.1) is 0 Å². The second-order valence-corrected chi connectivity index (χ2v) is 5.12. The average molecular weight is 328 g/mol. The maximum absolute atomic E-state index is 11.7. The van der Waals surface area contributed by atoms with Gasteiger partial charge in [-0.1, -0.05) is 23.9 Å². The molecule has 0 aliphatic rings. The maximum atomic E-state index is 11.7. The first-order chi connectivity index (χ1) is 8.65. The minimum absolute atomic E-state index is 0.129. The van der Waals surface area contributed by atoms with Crippen molar-refractivity contribution >= 4 is 45.2 Å². The van der Waals surface area contributed by atoms with Gasteiger partial charge in [0.1, 0.15) is 0 Å². The molecule has 0 unspecified atom stereocenters. The van der Waals surface area contributed by atoms with Crippen LogP contribution in [0.15, 0.2) is 33.9 Å². The van der Waals surface area contributed by atoms with E-state index < -0.39 is 0 Å². The summed E-state index contributed by atoms with van der Waals surface area (Å²) in [6, 6.07) is 7.41. The molecule has 0 saturated heterocycles. The molecule has 2 rings (SSSR count). The number of thioether (sulfide) groups is 1. The third-order valence-electron chi connectivity index (χ3n) is 1.96. The zero-order valence-electron chi connectivity index (χ0n) is 9.18. The van der Waals surface area contributed by atoms with Crippen molar-refractivity contribution in [1.29, 1.82) is 0 Å². The molecule has 1 heterocycles. The number of nitrogens with two attached hydrogens (primary N) is 1. The third-order valence-corrected chi connectivity index (χ3v) is 3.50. The van der Waals surface area contributed by atoms with Crippen LogP contribution in [0.2, 0.25) is 0 Å². The van der Waals surface area contributed by atoms with Gasteiger partial charge >= 0.3 is 0 Å². The Bertz CT molecular complexity index is 559.